The molecule has 0 spiro atoms. The van der Waals surface area contributed by atoms with Crippen LogP contribution in [0.5, 0.6) is 0 Å². The number of pyridine rings is 1. The van der Waals surface area contributed by atoms with Crippen LogP contribution in [-0.4, -0.2) is 29.1 Å². The highest BCUT2D eigenvalue weighted by atomic mass is 19.1. The zero-order chi connectivity index (χ0) is 13.9. The number of rotatable bonds is 3. The minimum atomic E-state index is -0.296. The third-order valence-electron chi connectivity index (χ3n) is 4.04. The summed E-state index contributed by atoms with van der Waals surface area (Å²) < 4.78 is 15.1. The van der Waals surface area contributed by atoms with Crippen LogP contribution < -0.4 is 5.56 Å². The monoisotopic (exact) mass is 274 g/mol. The molecule has 0 saturated carbocycles. The van der Waals surface area contributed by atoms with Gasteiger partial charge < -0.3 is 9.47 Å². The van der Waals surface area contributed by atoms with Crippen molar-refractivity contribution < 1.29 is 4.39 Å². The van der Waals surface area contributed by atoms with Crippen LogP contribution in [0.15, 0.2) is 35.1 Å². The highest BCUT2D eigenvalue weighted by molar-refractivity contribution is 5.78. The quantitative estimate of drug-likeness (QED) is 0.859. The zero-order valence-corrected chi connectivity index (χ0v) is 11.5. The van der Waals surface area contributed by atoms with E-state index >= 15 is 0 Å². The van der Waals surface area contributed by atoms with Crippen LogP contribution in [0.25, 0.3) is 10.9 Å². The number of benzene rings is 1. The summed E-state index contributed by atoms with van der Waals surface area (Å²) in [5.74, 6) is -0.296. The number of fused-ring (bicyclic) bond motifs is 1. The van der Waals surface area contributed by atoms with Gasteiger partial charge in [-0.1, -0.05) is 6.42 Å². The van der Waals surface area contributed by atoms with Crippen molar-refractivity contribution in [2.45, 2.75) is 25.8 Å². The summed E-state index contributed by atoms with van der Waals surface area (Å²) in [6.07, 6.45) is 3.77. The molecule has 0 aliphatic carbocycles. The Labute approximate surface area is 117 Å². The fraction of sp³-hybridized carbons (Fsp3) is 0.438. The van der Waals surface area contributed by atoms with Crippen molar-refractivity contribution in [3.8, 4) is 0 Å². The molecule has 0 amide bonds. The Morgan fingerprint density at radius 2 is 1.75 bits per heavy atom. The first kappa shape index (κ1) is 13.3. The second-order valence-electron chi connectivity index (χ2n) is 5.43. The molecular weight excluding hydrogens is 255 g/mol. The van der Waals surface area contributed by atoms with Gasteiger partial charge in [0.25, 0.3) is 5.56 Å². The van der Waals surface area contributed by atoms with Crippen molar-refractivity contribution in [1.82, 2.24) is 9.47 Å². The average Bonchev–Trinajstić information content (AvgIpc) is 2.47. The smallest absolute Gasteiger partial charge is 0.251 e. The zero-order valence-electron chi connectivity index (χ0n) is 11.5. The van der Waals surface area contributed by atoms with Crippen LogP contribution in [-0.2, 0) is 6.54 Å². The molecule has 2 aromatic rings. The molecule has 1 aromatic heterocycles. The van der Waals surface area contributed by atoms with Crippen LogP contribution in [0.2, 0.25) is 0 Å². The molecule has 0 radical (unpaired) electrons. The molecule has 3 rings (SSSR count). The molecule has 1 aliphatic heterocycles. The molecular formula is C16H19FN2O. The van der Waals surface area contributed by atoms with Crippen LogP contribution in [0.4, 0.5) is 4.39 Å². The molecule has 1 fully saturated rings. The lowest BCUT2D eigenvalue weighted by molar-refractivity contribution is 0.221. The minimum Gasteiger partial charge on any atom is -0.307 e. The van der Waals surface area contributed by atoms with Gasteiger partial charge in [0.15, 0.2) is 0 Å². The number of hydrogen-bond donors (Lipinski definition) is 0. The van der Waals surface area contributed by atoms with Gasteiger partial charge in [-0.15, -0.1) is 0 Å². The Morgan fingerprint density at radius 1 is 1.00 bits per heavy atom. The van der Waals surface area contributed by atoms with Gasteiger partial charge in [-0.3, -0.25) is 4.79 Å². The third kappa shape index (κ3) is 2.75. The van der Waals surface area contributed by atoms with E-state index in [0.717, 1.165) is 25.0 Å². The maximum Gasteiger partial charge on any atom is 0.251 e. The van der Waals surface area contributed by atoms with Gasteiger partial charge in [0.2, 0.25) is 0 Å². The van der Waals surface area contributed by atoms with E-state index in [-0.39, 0.29) is 11.4 Å². The standard InChI is InChI=1S/C16H19FN2O/c17-14-6-4-13-5-7-16(20)19(15(13)12-14)11-10-18-8-2-1-3-9-18/h4-7,12H,1-3,8-11H2. The molecule has 20 heavy (non-hydrogen) atoms. The number of halogens is 1. The maximum absolute atomic E-state index is 13.4. The number of nitrogens with zero attached hydrogens (tertiary/aromatic N) is 2. The molecule has 0 bridgehead atoms. The van der Waals surface area contributed by atoms with Crippen LogP contribution in [0, 0.1) is 5.82 Å². The van der Waals surface area contributed by atoms with Gasteiger partial charge in [-0.05, 0) is 55.6 Å². The lowest BCUT2D eigenvalue weighted by Crippen LogP contribution is -2.34. The van der Waals surface area contributed by atoms with E-state index < -0.39 is 0 Å². The van der Waals surface area contributed by atoms with E-state index in [9.17, 15) is 9.18 Å². The fourth-order valence-corrected chi connectivity index (χ4v) is 2.92. The maximum atomic E-state index is 13.4. The first-order valence-corrected chi connectivity index (χ1v) is 7.25. The molecule has 0 unspecified atom stereocenters. The Morgan fingerprint density at radius 3 is 2.55 bits per heavy atom. The Hall–Kier alpha value is -1.68. The van der Waals surface area contributed by atoms with E-state index in [0.29, 0.717) is 12.1 Å². The Kier molecular flexibility index (Phi) is 3.83. The lowest BCUT2D eigenvalue weighted by atomic mass is 10.1. The second kappa shape index (κ2) is 5.75. The van der Waals surface area contributed by atoms with Gasteiger partial charge in [0.1, 0.15) is 5.82 Å². The summed E-state index contributed by atoms with van der Waals surface area (Å²) in [4.78, 5) is 14.4. The van der Waals surface area contributed by atoms with Crippen molar-refractivity contribution in [1.29, 1.82) is 0 Å². The molecule has 1 aromatic carbocycles. The van der Waals surface area contributed by atoms with Crippen molar-refractivity contribution in [3.63, 3.8) is 0 Å². The largest absolute Gasteiger partial charge is 0.307 e. The van der Waals surface area contributed by atoms with Gasteiger partial charge in [-0.2, -0.15) is 0 Å². The van der Waals surface area contributed by atoms with E-state index in [2.05, 4.69) is 4.90 Å². The highest BCUT2D eigenvalue weighted by Gasteiger charge is 2.11. The van der Waals surface area contributed by atoms with E-state index in [4.69, 9.17) is 0 Å². The number of aromatic nitrogens is 1. The molecule has 0 atom stereocenters. The van der Waals surface area contributed by atoms with E-state index in [1.807, 2.05) is 0 Å². The molecule has 1 aliphatic rings. The molecule has 3 nitrogen and oxygen atoms in total. The summed E-state index contributed by atoms with van der Waals surface area (Å²) in [5, 5.41) is 0.907. The summed E-state index contributed by atoms with van der Waals surface area (Å²) >= 11 is 0. The van der Waals surface area contributed by atoms with E-state index in [1.54, 1.807) is 22.8 Å². The average molecular weight is 274 g/mol. The first-order chi connectivity index (χ1) is 9.74. The predicted molar refractivity (Wildman–Crippen MR) is 78.5 cm³/mol. The molecule has 0 N–H and O–H groups in total. The molecule has 1 saturated heterocycles. The Bertz CT molecular complexity index is 659. The van der Waals surface area contributed by atoms with Crippen LogP contribution in [0.1, 0.15) is 19.3 Å². The highest BCUT2D eigenvalue weighted by Crippen LogP contribution is 2.14. The van der Waals surface area contributed by atoms with Crippen LogP contribution >= 0.6 is 0 Å². The summed E-state index contributed by atoms with van der Waals surface area (Å²) in [6.45, 7) is 3.69. The van der Waals surface area contributed by atoms with Gasteiger partial charge in [-0.25, -0.2) is 4.39 Å². The van der Waals surface area contributed by atoms with E-state index in [1.165, 1.54) is 31.4 Å². The van der Waals surface area contributed by atoms with Gasteiger partial charge in [0.05, 0.1) is 5.52 Å². The lowest BCUT2D eigenvalue weighted by Gasteiger charge is -2.26. The normalized spacial score (nSPS) is 16.6. The summed E-state index contributed by atoms with van der Waals surface area (Å²) in [7, 11) is 0. The molecule has 106 valence electrons. The van der Waals surface area contributed by atoms with Crippen molar-refractivity contribution in [2.24, 2.45) is 0 Å². The second-order valence-corrected chi connectivity index (χ2v) is 5.43. The predicted octanol–water partition coefficient (Wildman–Crippen LogP) is 2.63. The topological polar surface area (TPSA) is 25.2 Å². The molecule has 2 heterocycles. The summed E-state index contributed by atoms with van der Waals surface area (Å²) in [6, 6.07) is 7.93. The van der Waals surface area contributed by atoms with Crippen molar-refractivity contribution >= 4 is 10.9 Å². The minimum absolute atomic E-state index is 0.0555. The number of hydrogen-bond acceptors (Lipinski definition) is 2. The third-order valence-corrected chi connectivity index (χ3v) is 4.04. The van der Waals surface area contributed by atoms with Crippen molar-refractivity contribution in [2.75, 3.05) is 19.6 Å². The SMILES string of the molecule is O=c1ccc2ccc(F)cc2n1CCN1CCCCC1. The van der Waals surface area contributed by atoms with Gasteiger partial charge in [0, 0.05) is 19.2 Å². The number of piperidine rings is 1. The van der Waals surface area contributed by atoms with Crippen LogP contribution in [0.3, 0.4) is 0 Å². The summed E-state index contributed by atoms with van der Waals surface area (Å²) in [5.41, 5.74) is 0.634. The first-order valence-electron chi connectivity index (χ1n) is 7.25. The fourth-order valence-electron chi connectivity index (χ4n) is 2.92. The van der Waals surface area contributed by atoms with Crippen molar-refractivity contribution in [3.05, 3.63) is 46.5 Å². The number of likely N-dealkylation sites (tertiary alicyclic amines) is 1. The molecule has 4 heteroatoms. The van der Waals surface area contributed by atoms with Gasteiger partial charge >= 0.3 is 0 Å². The Balaban J connectivity index is 1.87.